The highest BCUT2D eigenvalue weighted by Crippen LogP contribution is 2.14. The molecule has 0 bridgehead atoms. The number of benzene rings is 1. The molecule has 1 aromatic heterocycles. The summed E-state index contributed by atoms with van der Waals surface area (Å²) in [7, 11) is 0. The van der Waals surface area contributed by atoms with Crippen molar-refractivity contribution in [2.24, 2.45) is 5.73 Å². The number of halogens is 1. The van der Waals surface area contributed by atoms with Gasteiger partial charge in [-0.2, -0.15) is 0 Å². The van der Waals surface area contributed by atoms with Gasteiger partial charge in [-0.1, -0.05) is 29.8 Å². The molecule has 7 heteroatoms. The number of rotatable bonds is 6. The summed E-state index contributed by atoms with van der Waals surface area (Å²) in [6.45, 7) is 0.145. The summed E-state index contributed by atoms with van der Waals surface area (Å²) in [5, 5.41) is 11.0. The Hall–Kier alpha value is -2.99. The van der Waals surface area contributed by atoms with Gasteiger partial charge in [0.05, 0.1) is 5.71 Å². The number of nitrogens with zero attached hydrogens (tertiary/aromatic N) is 1. The van der Waals surface area contributed by atoms with Gasteiger partial charge in [0.1, 0.15) is 5.57 Å². The van der Waals surface area contributed by atoms with Gasteiger partial charge in [-0.3, -0.25) is 14.6 Å². The molecule has 0 saturated carbocycles. The second-order valence-corrected chi connectivity index (χ2v) is 5.25. The molecule has 0 saturated heterocycles. The maximum Gasteiger partial charge on any atom is 0.257 e. The number of amides is 2. The zero-order chi connectivity index (χ0) is 17.5. The van der Waals surface area contributed by atoms with E-state index >= 15 is 0 Å². The van der Waals surface area contributed by atoms with Gasteiger partial charge in [0.2, 0.25) is 0 Å². The van der Waals surface area contributed by atoms with Gasteiger partial charge in [0.25, 0.3) is 11.8 Å². The predicted octanol–water partition coefficient (Wildman–Crippen LogP) is 1.83. The highest BCUT2D eigenvalue weighted by Gasteiger charge is 2.16. The number of carbonyl (C=O) groups excluding carboxylic acids is 2. The van der Waals surface area contributed by atoms with Gasteiger partial charge in [-0.25, -0.2) is 0 Å². The molecule has 1 heterocycles. The Balaban J connectivity index is 2.14. The van der Waals surface area contributed by atoms with Gasteiger partial charge in [-0.15, -0.1) is 0 Å². The molecule has 2 rings (SSSR count). The number of primary amides is 1. The first-order valence-electron chi connectivity index (χ1n) is 7.01. The van der Waals surface area contributed by atoms with Crippen LogP contribution in [0.3, 0.4) is 0 Å². The van der Waals surface area contributed by atoms with Crippen molar-refractivity contribution >= 4 is 29.1 Å². The fourth-order valence-electron chi connectivity index (χ4n) is 1.92. The van der Waals surface area contributed by atoms with E-state index in [1.807, 2.05) is 0 Å². The Morgan fingerprint density at radius 3 is 2.50 bits per heavy atom. The van der Waals surface area contributed by atoms with E-state index in [9.17, 15) is 9.59 Å². The van der Waals surface area contributed by atoms with Crippen molar-refractivity contribution in [1.82, 2.24) is 10.3 Å². The van der Waals surface area contributed by atoms with Gasteiger partial charge in [0.15, 0.2) is 0 Å². The first-order valence-corrected chi connectivity index (χ1v) is 7.39. The minimum atomic E-state index is -0.912. The summed E-state index contributed by atoms with van der Waals surface area (Å²) >= 11 is 6.02. The van der Waals surface area contributed by atoms with Crippen molar-refractivity contribution in [1.29, 1.82) is 5.41 Å². The molecule has 1 aromatic carbocycles. The summed E-state index contributed by atoms with van der Waals surface area (Å²) in [4.78, 5) is 27.6. The molecule has 6 nitrogen and oxygen atoms in total. The van der Waals surface area contributed by atoms with Crippen LogP contribution in [-0.2, 0) is 16.1 Å². The monoisotopic (exact) mass is 342 g/mol. The predicted molar refractivity (Wildman–Crippen MR) is 91.6 cm³/mol. The van der Waals surface area contributed by atoms with Crippen LogP contribution in [-0.4, -0.2) is 22.5 Å². The van der Waals surface area contributed by atoms with E-state index in [4.69, 9.17) is 22.7 Å². The quantitative estimate of drug-likeness (QED) is 0.322. The van der Waals surface area contributed by atoms with Gasteiger partial charge in [-0.05, 0) is 29.8 Å². The Morgan fingerprint density at radius 2 is 1.88 bits per heavy atom. The molecule has 0 radical (unpaired) electrons. The average molecular weight is 343 g/mol. The molecular weight excluding hydrogens is 328 g/mol. The first kappa shape index (κ1) is 17.4. The molecular formula is C17H15ClN4O2. The number of pyridine rings is 1. The number of hydrogen-bond donors (Lipinski definition) is 3. The van der Waals surface area contributed by atoms with E-state index in [1.165, 1.54) is 12.4 Å². The molecule has 24 heavy (non-hydrogen) atoms. The number of nitrogens with one attached hydrogen (secondary N) is 2. The van der Waals surface area contributed by atoms with Gasteiger partial charge >= 0.3 is 0 Å². The first-order chi connectivity index (χ1) is 11.5. The molecule has 0 fully saturated rings. The van der Waals surface area contributed by atoms with Crippen molar-refractivity contribution < 1.29 is 9.59 Å². The molecule has 0 aliphatic heterocycles. The molecule has 0 aliphatic rings. The summed E-state index contributed by atoms with van der Waals surface area (Å²) < 4.78 is 0. The van der Waals surface area contributed by atoms with E-state index in [-0.39, 0.29) is 17.8 Å². The SMILES string of the molecule is N=C(/C=C(\C(N)=O)C(=O)NCc1ccccc1Cl)c1ccncc1. The van der Waals surface area contributed by atoms with Crippen molar-refractivity contribution in [3.05, 3.63) is 76.6 Å². The number of nitrogens with two attached hydrogens (primary N) is 1. The summed E-state index contributed by atoms with van der Waals surface area (Å²) in [6, 6.07) is 10.2. The lowest BCUT2D eigenvalue weighted by atomic mass is 10.1. The van der Waals surface area contributed by atoms with E-state index < -0.39 is 11.8 Å². The smallest absolute Gasteiger partial charge is 0.257 e. The van der Waals surface area contributed by atoms with Gasteiger partial charge < -0.3 is 16.5 Å². The van der Waals surface area contributed by atoms with Crippen molar-refractivity contribution in [2.75, 3.05) is 0 Å². The van der Waals surface area contributed by atoms with Crippen molar-refractivity contribution in [2.45, 2.75) is 6.54 Å². The highest BCUT2D eigenvalue weighted by molar-refractivity contribution is 6.31. The molecule has 0 atom stereocenters. The fourth-order valence-corrected chi connectivity index (χ4v) is 2.12. The third kappa shape index (κ3) is 4.50. The maximum absolute atomic E-state index is 12.2. The maximum atomic E-state index is 12.2. The van der Waals surface area contributed by atoms with E-state index in [2.05, 4.69) is 10.3 Å². The molecule has 2 amide bonds. The summed E-state index contributed by atoms with van der Waals surface area (Å²) in [6.07, 6.45) is 4.16. The third-order valence-corrected chi connectivity index (χ3v) is 3.56. The van der Waals surface area contributed by atoms with Crippen molar-refractivity contribution in [3.8, 4) is 0 Å². The van der Waals surface area contributed by atoms with E-state index in [0.29, 0.717) is 16.1 Å². The summed E-state index contributed by atoms with van der Waals surface area (Å²) in [5.41, 5.74) is 6.17. The molecule has 4 N–H and O–H groups in total. The molecule has 0 spiro atoms. The lowest BCUT2D eigenvalue weighted by molar-refractivity contribution is -0.122. The average Bonchev–Trinajstić information content (AvgIpc) is 2.59. The Morgan fingerprint density at radius 1 is 1.21 bits per heavy atom. The standard InChI is InChI=1S/C17H15ClN4O2/c18-14-4-2-1-3-12(14)10-22-17(24)13(16(20)23)9-15(19)11-5-7-21-8-6-11/h1-9,19H,10H2,(H2,20,23)(H,22,24)/b13-9+,19-15?. The lowest BCUT2D eigenvalue weighted by Gasteiger charge is -2.08. The highest BCUT2D eigenvalue weighted by atomic mass is 35.5. The van der Waals surface area contributed by atoms with Crippen LogP contribution in [0.5, 0.6) is 0 Å². The second-order valence-electron chi connectivity index (χ2n) is 4.85. The van der Waals surface area contributed by atoms with Crippen LogP contribution in [0, 0.1) is 5.41 Å². The number of aromatic nitrogens is 1. The molecule has 2 aromatic rings. The fraction of sp³-hybridized carbons (Fsp3) is 0.0588. The minimum absolute atomic E-state index is 0.0147. The Bertz CT molecular complexity index is 803. The largest absolute Gasteiger partial charge is 0.365 e. The zero-order valence-corrected chi connectivity index (χ0v) is 13.4. The van der Waals surface area contributed by atoms with E-state index in [0.717, 1.165) is 6.08 Å². The van der Waals surface area contributed by atoms with Crippen LogP contribution < -0.4 is 11.1 Å². The Kier molecular flexibility index (Phi) is 5.81. The van der Waals surface area contributed by atoms with Crippen LogP contribution in [0.4, 0.5) is 0 Å². The summed E-state index contributed by atoms with van der Waals surface area (Å²) in [5.74, 6) is -1.58. The van der Waals surface area contributed by atoms with Crippen LogP contribution in [0.1, 0.15) is 11.1 Å². The normalized spacial score (nSPS) is 11.0. The van der Waals surface area contributed by atoms with Crippen LogP contribution in [0.2, 0.25) is 5.02 Å². The van der Waals surface area contributed by atoms with Crippen LogP contribution in [0.25, 0.3) is 0 Å². The molecule has 122 valence electrons. The number of allylic oxidation sites excluding steroid dienone is 1. The topological polar surface area (TPSA) is 109 Å². The van der Waals surface area contributed by atoms with Crippen LogP contribution >= 0.6 is 11.6 Å². The number of hydrogen-bond acceptors (Lipinski definition) is 4. The van der Waals surface area contributed by atoms with E-state index in [1.54, 1.807) is 36.4 Å². The lowest BCUT2D eigenvalue weighted by Crippen LogP contribution is -2.32. The second kappa shape index (κ2) is 8.03. The Labute approximate surface area is 143 Å². The number of carbonyl (C=O) groups is 2. The molecule has 0 aliphatic carbocycles. The third-order valence-electron chi connectivity index (χ3n) is 3.19. The molecule has 0 unspecified atom stereocenters. The van der Waals surface area contributed by atoms with Gasteiger partial charge in [0, 0.05) is 29.5 Å². The van der Waals surface area contributed by atoms with Crippen LogP contribution in [0.15, 0.2) is 60.4 Å². The zero-order valence-electron chi connectivity index (χ0n) is 12.6. The minimum Gasteiger partial charge on any atom is -0.365 e. The van der Waals surface area contributed by atoms with Crippen molar-refractivity contribution in [3.63, 3.8) is 0 Å².